The number of piperidine rings is 1. The van der Waals surface area contributed by atoms with Crippen LogP contribution in [0, 0.1) is 0 Å². The summed E-state index contributed by atoms with van der Waals surface area (Å²) in [6, 6.07) is 4.16. The Kier molecular flexibility index (Phi) is 2.62. The molecule has 1 amide bonds. The second kappa shape index (κ2) is 4.02. The van der Waals surface area contributed by atoms with E-state index in [9.17, 15) is 4.79 Å². The van der Waals surface area contributed by atoms with Gasteiger partial charge in [-0.15, -0.1) is 0 Å². The van der Waals surface area contributed by atoms with Crippen molar-refractivity contribution in [3.8, 4) is 0 Å². The minimum absolute atomic E-state index is 0.0238. The maximum atomic E-state index is 12.4. The molecule has 17 heavy (non-hydrogen) atoms. The molecule has 2 unspecified atom stereocenters. The highest BCUT2D eigenvalue weighted by atomic mass is 79.9. The molecule has 2 aliphatic heterocycles. The van der Waals surface area contributed by atoms with E-state index in [2.05, 4.69) is 22.5 Å². The van der Waals surface area contributed by atoms with Gasteiger partial charge in [-0.05, 0) is 53.7 Å². The highest BCUT2D eigenvalue weighted by molar-refractivity contribution is 9.10. The second-order valence-electron chi connectivity index (χ2n) is 4.86. The summed E-state index contributed by atoms with van der Waals surface area (Å²) in [5.41, 5.74) is 1.28. The number of carbonyl (C=O) groups excluding carboxylic acids is 1. The van der Waals surface area contributed by atoms with Crippen LogP contribution in [-0.4, -0.2) is 22.9 Å². The largest absolute Gasteiger partial charge is 0.444 e. The third kappa shape index (κ3) is 1.84. The lowest BCUT2D eigenvalue weighted by molar-refractivity contribution is 0.0601. The monoisotopic (exact) mass is 295 g/mol. The van der Waals surface area contributed by atoms with Crippen molar-refractivity contribution < 1.29 is 9.21 Å². The highest BCUT2D eigenvalue weighted by Crippen LogP contribution is 2.38. The van der Waals surface area contributed by atoms with Gasteiger partial charge in [-0.1, -0.05) is 12.2 Å². The minimum atomic E-state index is 0.0238. The van der Waals surface area contributed by atoms with Crippen molar-refractivity contribution in [2.24, 2.45) is 0 Å². The molecule has 2 fully saturated rings. The van der Waals surface area contributed by atoms with Crippen LogP contribution >= 0.6 is 15.9 Å². The molecule has 2 aliphatic rings. The van der Waals surface area contributed by atoms with Crippen molar-refractivity contribution in [3.05, 3.63) is 34.7 Å². The van der Waals surface area contributed by atoms with Crippen LogP contribution in [0.2, 0.25) is 0 Å². The topological polar surface area (TPSA) is 33.5 Å². The van der Waals surface area contributed by atoms with Gasteiger partial charge in [0.1, 0.15) is 0 Å². The predicted octanol–water partition coefficient (Wildman–Crippen LogP) is 3.37. The van der Waals surface area contributed by atoms with E-state index in [4.69, 9.17) is 4.42 Å². The number of fused-ring (bicyclic) bond motifs is 2. The molecule has 90 valence electrons. The van der Waals surface area contributed by atoms with Crippen LogP contribution in [0.3, 0.4) is 0 Å². The molecule has 1 aromatic rings. The molecule has 3 rings (SSSR count). The smallest absolute Gasteiger partial charge is 0.290 e. The highest BCUT2D eigenvalue weighted by Gasteiger charge is 2.41. The van der Waals surface area contributed by atoms with Crippen molar-refractivity contribution in [1.29, 1.82) is 0 Å². The number of halogens is 1. The van der Waals surface area contributed by atoms with Gasteiger partial charge in [0.15, 0.2) is 10.4 Å². The van der Waals surface area contributed by atoms with Crippen LogP contribution in [-0.2, 0) is 0 Å². The fourth-order valence-corrected chi connectivity index (χ4v) is 3.31. The van der Waals surface area contributed by atoms with Crippen LogP contribution < -0.4 is 0 Å². The fraction of sp³-hybridized carbons (Fsp3) is 0.462. The molecule has 0 saturated carbocycles. The first-order chi connectivity index (χ1) is 8.15. The van der Waals surface area contributed by atoms with Gasteiger partial charge in [0.25, 0.3) is 5.91 Å². The molecule has 2 saturated heterocycles. The lowest BCUT2D eigenvalue weighted by Gasteiger charge is -2.35. The Bertz CT molecular complexity index is 464. The average Bonchev–Trinajstić information content (AvgIpc) is 2.81. The Morgan fingerprint density at radius 2 is 2.00 bits per heavy atom. The molecule has 3 nitrogen and oxygen atoms in total. The number of amides is 1. The van der Waals surface area contributed by atoms with Crippen LogP contribution in [0.5, 0.6) is 0 Å². The van der Waals surface area contributed by atoms with E-state index in [1.54, 1.807) is 12.1 Å². The first-order valence-electron chi connectivity index (χ1n) is 5.90. The van der Waals surface area contributed by atoms with Crippen LogP contribution in [0.1, 0.15) is 36.2 Å². The SMILES string of the molecule is C=C1CC2CCC(C1)N2C(=O)c1ccc(Br)o1. The van der Waals surface area contributed by atoms with Crippen LogP contribution in [0.4, 0.5) is 0 Å². The summed E-state index contributed by atoms with van der Waals surface area (Å²) in [5, 5.41) is 0. The number of rotatable bonds is 1. The number of hydrogen-bond acceptors (Lipinski definition) is 2. The molecule has 1 aromatic heterocycles. The van der Waals surface area contributed by atoms with E-state index in [1.807, 2.05) is 4.90 Å². The van der Waals surface area contributed by atoms with Crippen LogP contribution in [0.15, 0.2) is 33.4 Å². The summed E-state index contributed by atoms with van der Waals surface area (Å²) >= 11 is 3.23. The average molecular weight is 296 g/mol. The third-order valence-corrected chi connectivity index (χ3v) is 4.11. The summed E-state index contributed by atoms with van der Waals surface area (Å²) in [6.07, 6.45) is 4.09. The minimum Gasteiger partial charge on any atom is -0.444 e. The zero-order valence-electron chi connectivity index (χ0n) is 9.49. The molecule has 0 aliphatic carbocycles. The fourth-order valence-electron chi connectivity index (χ4n) is 3.00. The lowest BCUT2D eigenvalue weighted by Crippen LogP contribution is -2.44. The third-order valence-electron chi connectivity index (χ3n) is 3.69. The summed E-state index contributed by atoms with van der Waals surface area (Å²) in [5.74, 6) is 0.456. The molecule has 0 aromatic carbocycles. The second-order valence-corrected chi connectivity index (χ2v) is 5.64. The Morgan fingerprint density at radius 1 is 1.35 bits per heavy atom. The Hall–Kier alpha value is -1.03. The van der Waals surface area contributed by atoms with Gasteiger partial charge in [0.05, 0.1) is 0 Å². The number of carbonyl (C=O) groups is 1. The first kappa shape index (κ1) is 11.1. The maximum Gasteiger partial charge on any atom is 0.290 e. The summed E-state index contributed by atoms with van der Waals surface area (Å²) in [4.78, 5) is 14.4. The van der Waals surface area contributed by atoms with Crippen LogP contribution in [0.25, 0.3) is 0 Å². The van der Waals surface area contributed by atoms with E-state index >= 15 is 0 Å². The van der Waals surface area contributed by atoms with Gasteiger partial charge in [-0.3, -0.25) is 4.79 Å². The molecule has 3 heterocycles. The molecule has 2 atom stereocenters. The predicted molar refractivity (Wildman–Crippen MR) is 67.8 cm³/mol. The van der Waals surface area contributed by atoms with E-state index < -0.39 is 0 Å². The molecule has 0 spiro atoms. The van der Waals surface area contributed by atoms with E-state index in [-0.39, 0.29) is 5.91 Å². The number of furan rings is 1. The molecule has 0 radical (unpaired) electrons. The zero-order chi connectivity index (χ0) is 12.0. The maximum absolute atomic E-state index is 12.4. The van der Waals surface area contributed by atoms with Crippen molar-refractivity contribution in [1.82, 2.24) is 4.90 Å². The zero-order valence-corrected chi connectivity index (χ0v) is 11.1. The van der Waals surface area contributed by atoms with Gasteiger partial charge < -0.3 is 9.32 Å². The van der Waals surface area contributed by atoms with Gasteiger partial charge in [-0.2, -0.15) is 0 Å². The van der Waals surface area contributed by atoms with Gasteiger partial charge in [0, 0.05) is 12.1 Å². The summed E-state index contributed by atoms with van der Waals surface area (Å²) in [6.45, 7) is 4.06. The first-order valence-corrected chi connectivity index (χ1v) is 6.69. The lowest BCUT2D eigenvalue weighted by atomic mass is 9.98. The number of hydrogen-bond donors (Lipinski definition) is 0. The molecule has 4 heteroatoms. The quantitative estimate of drug-likeness (QED) is 0.744. The van der Waals surface area contributed by atoms with E-state index in [1.165, 1.54) is 5.57 Å². The summed E-state index contributed by atoms with van der Waals surface area (Å²) in [7, 11) is 0. The standard InChI is InChI=1S/C13H14BrNO2/c1-8-6-9-2-3-10(7-8)15(9)13(16)11-4-5-12(14)17-11/h4-5,9-10H,1-3,6-7H2. The van der Waals surface area contributed by atoms with E-state index in [0.29, 0.717) is 22.5 Å². The Labute approximate surface area is 109 Å². The molecule has 2 bridgehead atoms. The van der Waals surface area contributed by atoms with Crippen molar-refractivity contribution in [2.75, 3.05) is 0 Å². The van der Waals surface area contributed by atoms with E-state index in [0.717, 1.165) is 25.7 Å². The van der Waals surface area contributed by atoms with Gasteiger partial charge in [0.2, 0.25) is 0 Å². The van der Waals surface area contributed by atoms with Gasteiger partial charge >= 0.3 is 0 Å². The van der Waals surface area contributed by atoms with Crippen molar-refractivity contribution >= 4 is 21.8 Å². The molecular formula is C13H14BrNO2. The summed E-state index contributed by atoms with van der Waals surface area (Å²) < 4.78 is 5.96. The van der Waals surface area contributed by atoms with Crippen molar-refractivity contribution in [3.63, 3.8) is 0 Å². The number of nitrogens with zero attached hydrogens (tertiary/aromatic N) is 1. The Balaban J connectivity index is 1.86. The molecule has 0 N–H and O–H groups in total. The van der Waals surface area contributed by atoms with Crippen molar-refractivity contribution in [2.45, 2.75) is 37.8 Å². The normalized spacial score (nSPS) is 27.6. The molecular weight excluding hydrogens is 282 g/mol. The Morgan fingerprint density at radius 3 is 2.53 bits per heavy atom. The van der Waals surface area contributed by atoms with Gasteiger partial charge in [-0.25, -0.2) is 0 Å².